The lowest BCUT2D eigenvalue weighted by Crippen LogP contribution is -2.32. The first-order valence-electron chi connectivity index (χ1n) is 6.84. The van der Waals surface area contributed by atoms with Crippen LogP contribution in [-0.2, 0) is 0 Å². The van der Waals surface area contributed by atoms with Crippen molar-refractivity contribution in [1.82, 2.24) is 0 Å². The fourth-order valence-electron chi connectivity index (χ4n) is 2.29. The highest BCUT2D eigenvalue weighted by Crippen LogP contribution is 2.34. The Morgan fingerprint density at radius 2 is 2.00 bits per heavy atom. The lowest BCUT2D eigenvalue weighted by Gasteiger charge is -2.29. The summed E-state index contributed by atoms with van der Waals surface area (Å²) >= 11 is 0. The molecule has 0 aromatic heterocycles. The van der Waals surface area contributed by atoms with Gasteiger partial charge in [-0.15, -0.1) is 0 Å². The van der Waals surface area contributed by atoms with E-state index in [-0.39, 0.29) is 6.04 Å². The van der Waals surface area contributed by atoms with Crippen LogP contribution < -0.4 is 10.6 Å². The van der Waals surface area contributed by atoms with Crippen molar-refractivity contribution in [3.05, 3.63) is 23.8 Å². The third-order valence-corrected chi connectivity index (χ3v) is 3.61. The predicted molar refractivity (Wildman–Crippen MR) is 75.9 cm³/mol. The van der Waals surface area contributed by atoms with Crippen molar-refractivity contribution in [2.75, 3.05) is 11.4 Å². The van der Waals surface area contributed by atoms with E-state index >= 15 is 0 Å². The Labute approximate surface area is 110 Å². The van der Waals surface area contributed by atoms with Crippen LogP contribution in [0.2, 0.25) is 0 Å². The molecule has 0 heterocycles. The van der Waals surface area contributed by atoms with Gasteiger partial charge in [-0.2, -0.15) is 0 Å². The van der Waals surface area contributed by atoms with Crippen LogP contribution >= 0.6 is 0 Å². The van der Waals surface area contributed by atoms with Crippen molar-refractivity contribution in [2.24, 2.45) is 11.7 Å². The molecule has 0 spiro atoms. The average Bonchev–Trinajstić information content (AvgIpc) is 3.08. The molecule has 1 atom stereocenters. The van der Waals surface area contributed by atoms with Crippen LogP contribution in [0.5, 0.6) is 5.75 Å². The van der Waals surface area contributed by atoms with E-state index in [0.29, 0.717) is 11.8 Å². The first-order valence-corrected chi connectivity index (χ1v) is 6.84. The van der Waals surface area contributed by atoms with Gasteiger partial charge < -0.3 is 15.7 Å². The third kappa shape index (κ3) is 2.96. The van der Waals surface area contributed by atoms with E-state index in [9.17, 15) is 5.11 Å². The summed E-state index contributed by atoms with van der Waals surface area (Å²) in [6.45, 7) is 7.37. The van der Waals surface area contributed by atoms with Gasteiger partial charge in [-0.1, -0.05) is 6.07 Å². The molecule has 1 unspecified atom stereocenters. The molecule has 3 nitrogen and oxygen atoms in total. The number of hydrogen-bond acceptors (Lipinski definition) is 3. The van der Waals surface area contributed by atoms with E-state index < -0.39 is 0 Å². The van der Waals surface area contributed by atoms with E-state index in [0.717, 1.165) is 23.7 Å². The first-order chi connectivity index (χ1) is 8.49. The minimum atomic E-state index is -0.130. The van der Waals surface area contributed by atoms with E-state index in [2.05, 4.69) is 24.8 Å². The standard InChI is InChI=1S/C15H24N2O/c1-10(2)17(9-12-4-5-12)13-6-7-14(11(3)16)15(18)8-13/h6-8,10-12,18H,4-5,9,16H2,1-3H3. The fraction of sp³-hybridized carbons (Fsp3) is 0.600. The molecular weight excluding hydrogens is 224 g/mol. The highest BCUT2D eigenvalue weighted by Gasteiger charge is 2.26. The zero-order valence-electron chi connectivity index (χ0n) is 11.6. The summed E-state index contributed by atoms with van der Waals surface area (Å²) in [6.07, 6.45) is 2.68. The van der Waals surface area contributed by atoms with Gasteiger partial charge in [0.25, 0.3) is 0 Å². The van der Waals surface area contributed by atoms with Gasteiger partial charge in [0.05, 0.1) is 0 Å². The minimum Gasteiger partial charge on any atom is -0.508 e. The number of nitrogens with two attached hydrogens (primary N) is 1. The number of nitrogens with zero attached hydrogens (tertiary/aromatic N) is 1. The second kappa shape index (κ2) is 5.19. The van der Waals surface area contributed by atoms with Crippen LogP contribution in [0.4, 0.5) is 5.69 Å². The van der Waals surface area contributed by atoms with Gasteiger partial charge in [0, 0.05) is 35.9 Å². The van der Waals surface area contributed by atoms with Gasteiger partial charge in [-0.3, -0.25) is 0 Å². The maximum Gasteiger partial charge on any atom is 0.122 e. The quantitative estimate of drug-likeness (QED) is 0.842. The normalized spacial score (nSPS) is 16.9. The van der Waals surface area contributed by atoms with Crippen molar-refractivity contribution < 1.29 is 5.11 Å². The second-order valence-corrected chi connectivity index (χ2v) is 5.72. The molecule has 1 saturated carbocycles. The summed E-state index contributed by atoms with van der Waals surface area (Å²) in [5.41, 5.74) is 7.73. The van der Waals surface area contributed by atoms with Crippen LogP contribution in [0.1, 0.15) is 45.2 Å². The van der Waals surface area contributed by atoms with Gasteiger partial charge in [0.1, 0.15) is 5.75 Å². The number of benzene rings is 1. The Morgan fingerprint density at radius 3 is 2.44 bits per heavy atom. The van der Waals surface area contributed by atoms with Crippen molar-refractivity contribution in [1.29, 1.82) is 0 Å². The Kier molecular flexibility index (Phi) is 3.81. The topological polar surface area (TPSA) is 49.5 Å². The van der Waals surface area contributed by atoms with E-state index in [1.54, 1.807) is 0 Å². The summed E-state index contributed by atoms with van der Waals surface area (Å²) in [6, 6.07) is 6.18. The van der Waals surface area contributed by atoms with Crippen LogP contribution in [-0.4, -0.2) is 17.7 Å². The smallest absolute Gasteiger partial charge is 0.122 e. The lowest BCUT2D eigenvalue weighted by atomic mass is 10.1. The molecule has 0 amide bonds. The zero-order valence-corrected chi connectivity index (χ0v) is 11.6. The third-order valence-electron chi connectivity index (χ3n) is 3.61. The number of phenolic OH excluding ortho intramolecular Hbond substituents is 1. The predicted octanol–water partition coefficient (Wildman–Crippen LogP) is 3.04. The fourth-order valence-corrected chi connectivity index (χ4v) is 2.29. The molecule has 0 radical (unpaired) electrons. The van der Waals surface area contributed by atoms with Gasteiger partial charge in [-0.25, -0.2) is 0 Å². The summed E-state index contributed by atoms with van der Waals surface area (Å²) in [5, 5.41) is 10.0. The number of phenols is 1. The second-order valence-electron chi connectivity index (χ2n) is 5.72. The Bertz CT molecular complexity index is 411. The molecule has 18 heavy (non-hydrogen) atoms. The molecule has 1 aromatic rings. The first kappa shape index (κ1) is 13.2. The molecular formula is C15H24N2O. The number of hydrogen-bond donors (Lipinski definition) is 2. The monoisotopic (exact) mass is 248 g/mol. The van der Waals surface area contributed by atoms with Gasteiger partial charge in [-0.05, 0) is 45.6 Å². The van der Waals surface area contributed by atoms with Crippen LogP contribution in [0, 0.1) is 5.92 Å². The van der Waals surface area contributed by atoms with Crippen LogP contribution in [0.3, 0.4) is 0 Å². The Hall–Kier alpha value is -1.22. The summed E-state index contributed by atoms with van der Waals surface area (Å²) in [4.78, 5) is 2.36. The average molecular weight is 248 g/mol. The lowest BCUT2D eigenvalue weighted by molar-refractivity contribution is 0.463. The Balaban J connectivity index is 2.21. The van der Waals surface area contributed by atoms with Crippen molar-refractivity contribution in [3.8, 4) is 5.75 Å². The number of rotatable bonds is 5. The SMILES string of the molecule is CC(N)c1ccc(N(CC2CC2)C(C)C)cc1O. The van der Waals surface area contributed by atoms with Crippen molar-refractivity contribution in [3.63, 3.8) is 0 Å². The van der Waals surface area contributed by atoms with Gasteiger partial charge >= 0.3 is 0 Å². The molecule has 0 bridgehead atoms. The molecule has 2 rings (SSSR count). The summed E-state index contributed by atoms with van der Waals surface area (Å²) in [5.74, 6) is 1.14. The molecule has 1 aliphatic rings. The van der Waals surface area contributed by atoms with Crippen LogP contribution in [0.15, 0.2) is 18.2 Å². The molecule has 1 aliphatic carbocycles. The number of aromatic hydroxyl groups is 1. The van der Waals surface area contributed by atoms with Crippen molar-refractivity contribution in [2.45, 2.75) is 45.7 Å². The molecule has 0 aliphatic heterocycles. The minimum absolute atomic E-state index is 0.130. The highest BCUT2D eigenvalue weighted by molar-refractivity contribution is 5.54. The Morgan fingerprint density at radius 1 is 1.33 bits per heavy atom. The number of anilines is 1. The van der Waals surface area contributed by atoms with Crippen molar-refractivity contribution >= 4 is 5.69 Å². The van der Waals surface area contributed by atoms with E-state index in [4.69, 9.17) is 5.73 Å². The van der Waals surface area contributed by atoms with Gasteiger partial charge in [0.15, 0.2) is 0 Å². The largest absolute Gasteiger partial charge is 0.508 e. The molecule has 3 N–H and O–H groups in total. The molecule has 3 heteroatoms. The molecule has 0 saturated heterocycles. The molecule has 1 aromatic carbocycles. The van der Waals surface area contributed by atoms with E-state index in [1.165, 1.54) is 12.8 Å². The summed E-state index contributed by atoms with van der Waals surface area (Å²) in [7, 11) is 0. The molecule has 100 valence electrons. The highest BCUT2D eigenvalue weighted by atomic mass is 16.3. The van der Waals surface area contributed by atoms with E-state index in [1.807, 2.05) is 19.1 Å². The van der Waals surface area contributed by atoms with Gasteiger partial charge in [0.2, 0.25) is 0 Å². The zero-order chi connectivity index (χ0) is 13.3. The van der Waals surface area contributed by atoms with Crippen LogP contribution in [0.25, 0.3) is 0 Å². The maximum absolute atomic E-state index is 10.0. The summed E-state index contributed by atoms with van der Waals surface area (Å²) < 4.78 is 0. The maximum atomic E-state index is 10.0. The molecule has 1 fully saturated rings.